The van der Waals surface area contributed by atoms with Gasteiger partial charge in [-0.05, 0) is 25.9 Å². The molecule has 0 unspecified atom stereocenters. The zero-order valence-corrected chi connectivity index (χ0v) is 8.88. The minimum absolute atomic E-state index is 0.799. The van der Waals surface area contributed by atoms with E-state index in [1.807, 2.05) is 0 Å². The first kappa shape index (κ1) is 14.3. The van der Waals surface area contributed by atoms with E-state index >= 15 is 0 Å². The van der Waals surface area contributed by atoms with Crippen molar-refractivity contribution in [3.8, 4) is 0 Å². The maximum atomic E-state index is 11.8. The Labute approximate surface area is 89.5 Å². The molecule has 0 saturated heterocycles. The van der Waals surface area contributed by atoms with Gasteiger partial charge in [-0.25, -0.2) is 4.79 Å². The maximum Gasteiger partial charge on any atom is 0.452 e. The summed E-state index contributed by atoms with van der Waals surface area (Å²) < 4.78 is 39.9. The summed E-state index contributed by atoms with van der Waals surface area (Å²) in [5, 5.41) is 2.42. The summed E-state index contributed by atoms with van der Waals surface area (Å²) in [7, 11) is 0. The van der Waals surface area contributed by atoms with Gasteiger partial charge in [0.2, 0.25) is 5.84 Å². The highest BCUT2D eigenvalue weighted by atomic mass is 19.4. The number of nitrogens with one attached hydrogen (secondary N) is 1. The van der Waals surface area contributed by atoms with Gasteiger partial charge in [-0.3, -0.25) is 4.94 Å². The van der Waals surface area contributed by atoms with Gasteiger partial charge in [0.05, 0.1) is 0 Å². The van der Waals surface area contributed by atoms with E-state index in [4.69, 9.17) is 0 Å². The number of alkyl halides is 3. The van der Waals surface area contributed by atoms with Crippen LogP contribution < -0.4 is 11.2 Å². The number of hydrogen-bond acceptors (Lipinski definition) is 4. The van der Waals surface area contributed by atoms with E-state index in [2.05, 4.69) is 20.6 Å². The number of rotatable bonds is 2. The van der Waals surface area contributed by atoms with Gasteiger partial charge in [-0.15, -0.1) is 5.48 Å². The molecule has 0 heterocycles. The van der Waals surface area contributed by atoms with E-state index in [1.165, 1.54) is 5.48 Å². The molecule has 1 amide bonds. The molecule has 0 bridgehead atoms. The monoisotopic (exact) mass is 243 g/mol. The third-order valence-electron chi connectivity index (χ3n) is 0.962. The molecule has 3 N–H and O–H groups in total. The number of carbonyl (C=O) groups is 1. The average molecular weight is 243 g/mol. The van der Waals surface area contributed by atoms with Gasteiger partial charge in [0.1, 0.15) is 5.60 Å². The number of nitrogens with zero attached hydrogens (tertiary/aromatic N) is 1. The Morgan fingerprint density at radius 3 is 2.19 bits per heavy atom. The van der Waals surface area contributed by atoms with Crippen molar-refractivity contribution < 1.29 is 27.6 Å². The van der Waals surface area contributed by atoms with Crippen molar-refractivity contribution in [1.29, 1.82) is 0 Å². The lowest BCUT2D eigenvalue weighted by Crippen LogP contribution is -2.35. The highest BCUT2D eigenvalue weighted by molar-refractivity contribution is 5.85. The Bertz CT molecular complexity index is 283. The topological polar surface area (TPSA) is 85.9 Å². The average Bonchev–Trinajstić information content (AvgIpc) is 1.98. The molecule has 94 valence electrons. The van der Waals surface area contributed by atoms with Crippen LogP contribution in [0.25, 0.3) is 0 Å². The molecule has 9 heteroatoms. The Morgan fingerprint density at radius 2 is 1.81 bits per heavy atom. The maximum absolute atomic E-state index is 11.8. The van der Waals surface area contributed by atoms with Gasteiger partial charge in [0.25, 0.3) is 0 Å². The smallest absolute Gasteiger partial charge is 0.442 e. The molecule has 16 heavy (non-hydrogen) atoms. The van der Waals surface area contributed by atoms with E-state index in [-0.39, 0.29) is 0 Å². The van der Waals surface area contributed by atoms with Gasteiger partial charge < -0.3 is 10.5 Å². The molecule has 0 atom stereocenters. The van der Waals surface area contributed by atoms with Gasteiger partial charge >= 0.3 is 12.3 Å². The van der Waals surface area contributed by atoms with Crippen molar-refractivity contribution in [2.24, 2.45) is 10.9 Å². The number of halogens is 3. The van der Waals surface area contributed by atoms with Crippen molar-refractivity contribution >= 4 is 11.9 Å². The van der Waals surface area contributed by atoms with Gasteiger partial charge in [0, 0.05) is 0 Å². The molecule has 0 rings (SSSR count). The van der Waals surface area contributed by atoms with Crippen molar-refractivity contribution in [3.05, 3.63) is 0 Å². The minimum Gasteiger partial charge on any atom is -0.442 e. The van der Waals surface area contributed by atoms with Crippen molar-refractivity contribution in [2.45, 2.75) is 32.5 Å². The third kappa shape index (κ3) is 6.74. The van der Waals surface area contributed by atoms with Crippen molar-refractivity contribution in [2.75, 3.05) is 0 Å². The lowest BCUT2D eigenvalue weighted by Gasteiger charge is -2.18. The van der Waals surface area contributed by atoms with E-state index in [1.54, 1.807) is 20.8 Å². The highest BCUT2D eigenvalue weighted by Crippen LogP contribution is 2.14. The second kappa shape index (κ2) is 4.90. The second-order valence-electron chi connectivity index (χ2n) is 3.67. The van der Waals surface area contributed by atoms with E-state index in [0.717, 1.165) is 0 Å². The van der Waals surface area contributed by atoms with Crippen molar-refractivity contribution in [1.82, 2.24) is 5.48 Å². The van der Waals surface area contributed by atoms with Crippen LogP contribution in [0.15, 0.2) is 5.16 Å². The number of amides is 1. The lowest BCUT2D eigenvalue weighted by molar-refractivity contribution is -0.0670. The highest BCUT2D eigenvalue weighted by Gasteiger charge is 2.34. The van der Waals surface area contributed by atoms with Crippen LogP contribution in [-0.2, 0) is 9.68 Å². The molecule has 0 aliphatic rings. The summed E-state index contributed by atoms with van der Waals surface area (Å²) in [6.07, 6.45) is -5.89. The van der Waals surface area contributed by atoms with Crippen LogP contribution in [0.3, 0.4) is 0 Å². The SMILES string of the molecule is CC(C)(C)OC(=O)NO/N=C(\N)C(F)(F)F. The predicted molar refractivity (Wildman–Crippen MR) is 48.1 cm³/mol. The summed E-state index contributed by atoms with van der Waals surface area (Å²) in [6.45, 7) is 4.71. The van der Waals surface area contributed by atoms with E-state index in [0.29, 0.717) is 0 Å². The molecular formula is C7H12F3N3O3. The van der Waals surface area contributed by atoms with Crippen LogP contribution in [0.4, 0.5) is 18.0 Å². The molecule has 0 aliphatic heterocycles. The fraction of sp³-hybridized carbons (Fsp3) is 0.714. The second-order valence-corrected chi connectivity index (χ2v) is 3.67. The number of hydroxylamine groups is 1. The largest absolute Gasteiger partial charge is 0.452 e. The molecule has 0 aromatic heterocycles. The molecule has 0 aromatic carbocycles. The Morgan fingerprint density at radius 1 is 1.31 bits per heavy atom. The summed E-state index contributed by atoms with van der Waals surface area (Å²) in [5.74, 6) is -1.72. The number of ether oxygens (including phenoxy) is 1. The predicted octanol–water partition coefficient (Wildman–Crippen LogP) is 1.28. The number of nitrogens with two attached hydrogens (primary N) is 1. The first-order chi connectivity index (χ1) is 7.02. The molecule has 0 fully saturated rings. The van der Waals surface area contributed by atoms with Crippen molar-refractivity contribution in [3.63, 3.8) is 0 Å². The quantitative estimate of drug-likeness (QED) is 0.434. The Hall–Kier alpha value is -1.67. The fourth-order valence-corrected chi connectivity index (χ4v) is 0.460. The molecule has 0 spiro atoms. The third-order valence-corrected chi connectivity index (χ3v) is 0.962. The summed E-state index contributed by atoms with van der Waals surface area (Å²) in [6, 6.07) is 0. The molecule has 0 saturated carbocycles. The zero-order valence-electron chi connectivity index (χ0n) is 8.88. The standard InChI is InChI=1S/C7H12F3N3O3/c1-6(2,3)15-5(14)13-16-12-4(11)7(8,9)10/h1-3H3,(H2,11,12)(H,13,14). The van der Waals surface area contributed by atoms with E-state index < -0.39 is 23.7 Å². The van der Waals surface area contributed by atoms with Crippen LogP contribution >= 0.6 is 0 Å². The van der Waals surface area contributed by atoms with Gasteiger partial charge in [-0.2, -0.15) is 13.2 Å². The van der Waals surface area contributed by atoms with Gasteiger partial charge in [-0.1, -0.05) is 0 Å². The normalized spacial score (nSPS) is 13.2. The van der Waals surface area contributed by atoms with Gasteiger partial charge in [0.15, 0.2) is 0 Å². The van der Waals surface area contributed by atoms with Crippen LogP contribution in [0.1, 0.15) is 20.8 Å². The summed E-state index contributed by atoms with van der Waals surface area (Å²) in [5.41, 5.74) is 5.19. The molecule has 0 aliphatic carbocycles. The minimum atomic E-state index is -4.81. The first-order valence-corrected chi connectivity index (χ1v) is 4.08. The fourth-order valence-electron chi connectivity index (χ4n) is 0.460. The molecular weight excluding hydrogens is 231 g/mol. The molecule has 6 nitrogen and oxygen atoms in total. The van der Waals surface area contributed by atoms with Crippen LogP contribution in [0, 0.1) is 0 Å². The first-order valence-electron chi connectivity index (χ1n) is 4.08. The number of hydrogen-bond donors (Lipinski definition) is 2. The number of amidine groups is 1. The summed E-state index contributed by atoms with van der Waals surface area (Å²) >= 11 is 0. The summed E-state index contributed by atoms with van der Waals surface area (Å²) in [4.78, 5) is 14.7. The lowest BCUT2D eigenvalue weighted by atomic mass is 10.2. The molecule has 0 aromatic rings. The van der Waals surface area contributed by atoms with E-state index in [9.17, 15) is 18.0 Å². The Balaban J connectivity index is 4.05. The number of carbonyl (C=O) groups excluding carboxylic acids is 1. The van der Waals surface area contributed by atoms with Crippen LogP contribution in [0.5, 0.6) is 0 Å². The Kier molecular flexibility index (Phi) is 4.39. The van der Waals surface area contributed by atoms with Crippen LogP contribution in [-0.4, -0.2) is 23.7 Å². The zero-order chi connectivity index (χ0) is 13.0. The molecule has 0 radical (unpaired) electrons. The number of oxime groups is 1. The van der Waals surface area contributed by atoms with Crippen LogP contribution in [0.2, 0.25) is 0 Å².